The lowest BCUT2D eigenvalue weighted by Crippen LogP contribution is -2.47. The van der Waals surface area contributed by atoms with Crippen LogP contribution >= 0.6 is 0 Å². The molecular formula is C25H32N2O7. The van der Waals surface area contributed by atoms with Crippen molar-refractivity contribution in [2.24, 2.45) is 0 Å². The van der Waals surface area contributed by atoms with Gasteiger partial charge in [0.1, 0.15) is 30.8 Å². The Hall–Kier alpha value is -3.01. The number of amides is 1. The zero-order valence-corrected chi connectivity index (χ0v) is 19.3. The van der Waals surface area contributed by atoms with Gasteiger partial charge in [0.25, 0.3) is 0 Å². The number of hydrogen-bond donors (Lipinski definition) is 3. The number of ether oxygens (including phenoxy) is 4. The van der Waals surface area contributed by atoms with E-state index in [2.05, 4.69) is 5.32 Å². The normalized spacial score (nSPS) is 19.3. The molecule has 0 spiro atoms. The predicted octanol–water partition coefficient (Wildman–Crippen LogP) is 1.52. The molecule has 0 unspecified atom stereocenters. The summed E-state index contributed by atoms with van der Waals surface area (Å²) < 4.78 is 22.0. The third-order valence-electron chi connectivity index (χ3n) is 5.99. The van der Waals surface area contributed by atoms with Gasteiger partial charge in [-0.1, -0.05) is 6.07 Å². The van der Waals surface area contributed by atoms with E-state index in [-0.39, 0.29) is 25.0 Å². The molecular weight excluding hydrogens is 440 g/mol. The predicted molar refractivity (Wildman–Crippen MR) is 124 cm³/mol. The lowest BCUT2D eigenvalue weighted by Gasteiger charge is -2.29. The Bertz CT molecular complexity index is 953. The van der Waals surface area contributed by atoms with Gasteiger partial charge in [-0.2, -0.15) is 0 Å². The van der Waals surface area contributed by atoms with Gasteiger partial charge in [-0.05, 0) is 48.4 Å². The molecule has 3 atom stereocenters. The van der Waals surface area contributed by atoms with Crippen molar-refractivity contribution in [2.75, 3.05) is 46.6 Å². The SMILES string of the molecule is COc1ccc(OCCC(=O)N[C@H](CN2CC[C@H](O)C2)[C@H](O)c2ccc3c(c2)OCCO3)cc1. The van der Waals surface area contributed by atoms with Gasteiger partial charge in [0.05, 0.1) is 32.3 Å². The van der Waals surface area contributed by atoms with Crippen LogP contribution in [0, 0.1) is 0 Å². The summed E-state index contributed by atoms with van der Waals surface area (Å²) in [6.07, 6.45) is -0.532. The summed E-state index contributed by atoms with van der Waals surface area (Å²) in [5.74, 6) is 2.37. The average molecular weight is 473 g/mol. The Morgan fingerprint density at radius 1 is 1.15 bits per heavy atom. The summed E-state index contributed by atoms with van der Waals surface area (Å²) in [4.78, 5) is 14.8. The summed E-state index contributed by atoms with van der Waals surface area (Å²) >= 11 is 0. The standard InChI is InChI=1S/C25H32N2O7/c1-31-19-3-5-20(6-4-19)32-11-9-24(29)26-21(16-27-10-8-18(28)15-27)25(30)17-2-7-22-23(14-17)34-13-12-33-22/h2-7,14,18,21,25,28,30H,8-13,15-16H2,1H3,(H,26,29)/t18-,21+,25+/m0/s1. The van der Waals surface area contributed by atoms with Crippen molar-refractivity contribution in [3.05, 3.63) is 48.0 Å². The van der Waals surface area contributed by atoms with E-state index >= 15 is 0 Å². The maximum atomic E-state index is 12.7. The Labute approximate surface area is 199 Å². The van der Waals surface area contributed by atoms with E-state index in [9.17, 15) is 15.0 Å². The van der Waals surface area contributed by atoms with Gasteiger partial charge in [0.15, 0.2) is 11.5 Å². The highest BCUT2D eigenvalue weighted by molar-refractivity contribution is 5.76. The number of benzene rings is 2. The molecule has 3 N–H and O–H groups in total. The summed E-state index contributed by atoms with van der Waals surface area (Å²) in [6, 6.07) is 11.9. The monoisotopic (exact) mass is 472 g/mol. The van der Waals surface area contributed by atoms with E-state index in [0.29, 0.717) is 62.1 Å². The fraction of sp³-hybridized carbons (Fsp3) is 0.480. The summed E-state index contributed by atoms with van der Waals surface area (Å²) in [5, 5.41) is 24.0. The molecule has 2 heterocycles. The fourth-order valence-corrected chi connectivity index (χ4v) is 4.17. The molecule has 4 rings (SSSR count). The van der Waals surface area contributed by atoms with E-state index in [1.165, 1.54) is 0 Å². The smallest absolute Gasteiger partial charge is 0.223 e. The Morgan fingerprint density at radius 2 is 1.88 bits per heavy atom. The van der Waals surface area contributed by atoms with Crippen LogP contribution in [0.5, 0.6) is 23.0 Å². The van der Waals surface area contributed by atoms with E-state index in [1.807, 2.05) is 4.90 Å². The van der Waals surface area contributed by atoms with E-state index in [4.69, 9.17) is 18.9 Å². The van der Waals surface area contributed by atoms with Crippen molar-refractivity contribution in [1.29, 1.82) is 0 Å². The van der Waals surface area contributed by atoms with Crippen LogP contribution in [0.4, 0.5) is 0 Å². The summed E-state index contributed by atoms with van der Waals surface area (Å²) in [5.41, 5.74) is 0.628. The number of hydrogen-bond acceptors (Lipinski definition) is 8. The van der Waals surface area contributed by atoms with Crippen LogP contribution in [0.3, 0.4) is 0 Å². The molecule has 0 bridgehead atoms. The van der Waals surface area contributed by atoms with Gasteiger partial charge in [0.2, 0.25) is 5.91 Å². The molecule has 2 aromatic carbocycles. The number of aliphatic hydroxyl groups excluding tert-OH is 2. The topological polar surface area (TPSA) is 110 Å². The molecule has 1 amide bonds. The number of likely N-dealkylation sites (tertiary alicyclic amines) is 1. The Kier molecular flexibility index (Phi) is 8.10. The number of nitrogens with zero attached hydrogens (tertiary/aromatic N) is 1. The van der Waals surface area contributed by atoms with Gasteiger partial charge in [-0.3, -0.25) is 9.69 Å². The number of rotatable bonds is 10. The van der Waals surface area contributed by atoms with Gasteiger partial charge < -0.3 is 34.5 Å². The van der Waals surface area contributed by atoms with Crippen LogP contribution in [-0.4, -0.2) is 79.7 Å². The molecule has 34 heavy (non-hydrogen) atoms. The van der Waals surface area contributed by atoms with Crippen molar-refractivity contribution in [3.63, 3.8) is 0 Å². The number of carbonyl (C=O) groups excluding carboxylic acids is 1. The third kappa shape index (κ3) is 6.31. The largest absolute Gasteiger partial charge is 0.497 e. The molecule has 0 aliphatic carbocycles. The minimum Gasteiger partial charge on any atom is -0.497 e. The first kappa shape index (κ1) is 24.1. The van der Waals surface area contributed by atoms with E-state index < -0.39 is 12.1 Å². The van der Waals surface area contributed by atoms with Crippen LogP contribution in [0.15, 0.2) is 42.5 Å². The second-order valence-electron chi connectivity index (χ2n) is 8.50. The maximum Gasteiger partial charge on any atom is 0.223 e. The zero-order valence-electron chi connectivity index (χ0n) is 19.3. The van der Waals surface area contributed by atoms with Crippen molar-refractivity contribution in [1.82, 2.24) is 10.2 Å². The molecule has 9 heteroatoms. The quantitative estimate of drug-likeness (QED) is 0.478. The second kappa shape index (κ2) is 11.4. The summed E-state index contributed by atoms with van der Waals surface area (Å²) in [7, 11) is 1.60. The van der Waals surface area contributed by atoms with Gasteiger partial charge in [-0.15, -0.1) is 0 Å². The van der Waals surface area contributed by atoms with Crippen molar-refractivity contribution < 1.29 is 34.0 Å². The highest BCUT2D eigenvalue weighted by Crippen LogP contribution is 2.33. The summed E-state index contributed by atoms with van der Waals surface area (Å²) in [6.45, 7) is 2.78. The lowest BCUT2D eigenvalue weighted by atomic mass is 10.0. The molecule has 0 saturated carbocycles. The average Bonchev–Trinajstić information content (AvgIpc) is 3.27. The molecule has 2 aliphatic heterocycles. The molecule has 2 aliphatic rings. The van der Waals surface area contributed by atoms with Crippen LogP contribution in [0.2, 0.25) is 0 Å². The van der Waals surface area contributed by atoms with Gasteiger partial charge >= 0.3 is 0 Å². The molecule has 1 fully saturated rings. The van der Waals surface area contributed by atoms with Crippen LogP contribution in [0.25, 0.3) is 0 Å². The molecule has 184 valence electrons. The highest BCUT2D eigenvalue weighted by Gasteiger charge is 2.29. The van der Waals surface area contributed by atoms with Crippen LogP contribution < -0.4 is 24.3 Å². The molecule has 2 aromatic rings. The number of methoxy groups -OCH3 is 1. The Morgan fingerprint density at radius 3 is 2.59 bits per heavy atom. The van der Waals surface area contributed by atoms with Crippen LogP contribution in [0.1, 0.15) is 24.5 Å². The van der Waals surface area contributed by atoms with E-state index in [0.717, 1.165) is 5.75 Å². The minimum absolute atomic E-state index is 0.138. The first-order valence-electron chi connectivity index (χ1n) is 11.6. The number of fused-ring (bicyclic) bond motifs is 1. The minimum atomic E-state index is -0.958. The van der Waals surface area contributed by atoms with Gasteiger partial charge in [0, 0.05) is 19.6 Å². The zero-order chi connectivity index (χ0) is 23.9. The first-order valence-corrected chi connectivity index (χ1v) is 11.6. The molecule has 9 nitrogen and oxygen atoms in total. The Balaban J connectivity index is 1.37. The van der Waals surface area contributed by atoms with Crippen molar-refractivity contribution in [3.8, 4) is 23.0 Å². The third-order valence-corrected chi connectivity index (χ3v) is 5.99. The number of aliphatic hydroxyl groups is 2. The molecule has 0 radical (unpaired) electrons. The van der Waals surface area contributed by atoms with E-state index in [1.54, 1.807) is 49.6 Å². The number of carbonyl (C=O) groups is 1. The highest BCUT2D eigenvalue weighted by atomic mass is 16.6. The first-order chi connectivity index (χ1) is 16.5. The van der Waals surface area contributed by atoms with Crippen LogP contribution in [-0.2, 0) is 4.79 Å². The number of nitrogens with one attached hydrogen (secondary N) is 1. The van der Waals surface area contributed by atoms with Crippen molar-refractivity contribution >= 4 is 5.91 Å². The van der Waals surface area contributed by atoms with Gasteiger partial charge in [-0.25, -0.2) is 0 Å². The lowest BCUT2D eigenvalue weighted by molar-refractivity contribution is -0.123. The second-order valence-corrected chi connectivity index (χ2v) is 8.50. The molecule has 0 aromatic heterocycles. The fourth-order valence-electron chi connectivity index (χ4n) is 4.17. The van der Waals surface area contributed by atoms with Crippen molar-refractivity contribution in [2.45, 2.75) is 31.1 Å². The maximum absolute atomic E-state index is 12.7. The number of β-amino-alcohol motifs (C(OH)–C–C–N with tert-alkyl or cyclic N) is 1. The molecule has 1 saturated heterocycles.